The van der Waals surface area contributed by atoms with E-state index >= 15 is 0 Å². The molecule has 2 unspecified atom stereocenters. The summed E-state index contributed by atoms with van der Waals surface area (Å²) in [6.07, 6.45) is 1.73. The highest BCUT2D eigenvalue weighted by Gasteiger charge is 2.40. The van der Waals surface area contributed by atoms with Crippen LogP contribution in [0.5, 0.6) is 0 Å². The zero-order chi connectivity index (χ0) is 12.5. The van der Waals surface area contributed by atoms with E-state index in [0.29, 0.717) is 18.5 Å². The third-order valence-corrected chi connectivity index (χ3v) is 3.80. The highest BCUT2D eigenvalue weighted by Crippen LogP contribution is 2.30. The number of benzene rings is 1. The second-order valence-corrected chi connectivity index (χ2v) is 5.12. The molecule has 1 aromatic carbocycles. The van der Waals surface area contributed by atoms with Gasteiger partial charge < -0.3 is 5.32 Å². The lowest BCUT2D eigenvalue weighted by atomic mass is 10.2. The van der Waals surface area contributed by atoms with Crippen molar-refractivity contribution in [1.29, 1.82) is 0 Å². The van der Waals surface area contributed by atoms with E-state index in [4.69, 9.17) is 0 Å². The zero-order valence-electron chi connectivity index (χ0n) is 10.7. The van der Waals surface area contributed by atoms with Crippen LogP contribution in [0.2, 0.25) is 0 Å². The average Bonchev–Trinajstić information content (AvgIpc) is 2.97. The molecule has 2 heterocycles. The van der Waals surface area contributed by atoms with Crippen molar-refractivity contribution in [3.05, 3.63) is 30.3 Å². The smallest absolute Gasteiger partial charge is 0.243 e. The Morgan fingerprint density at radius 1 is 1.28 bits per heavy atom. The van der Waals surface area contributed by atoms with Crippen molar-refractivity contribution in [1.82, 2.24) is 10.3 Å². The van der Waals surface area contributed by atoms with Crippen molar-refractivity contribution in [3.8, 4) is 0 Å². The van der Waals surface area contributed by atoms with Crippen molar-refractivity contribution >= 4 is 11.6 Å². The molecule has 0 saturated carbocycles. The number of para-hydroxylation sites is 1. The van der Waals surface area contributed by atoms with Crippen LogP contribution in [-0.2, 0) is 4.79 Å². The fourth-order valence-corrected chi connectivity index (χ4v) is 2.99. The molecule has 3 rings (SSSR count). The predicted octanol–water partition coefficient (Wildman–Crippen LogP) is 1.39. The van der Waals surface area contributed by atoms with Crippen LogP contribution < -0.4 is 10.3 Å². The highest BCUT2D eigenvalue weighted by molar-refractivity contribution is 5.94. The largest absolute Gasteiger partial charge is 0.315 e. The number of amides is 1. The first-order chi connectivity index (χ1) is 8.77. The molecule has 2 aliphatic heterocycles. The molecule has 4 nitrogen and oxygen atoms in total. The fraction of sp³-hybridized carbons (Fsp3) is 0.500. The van der Waals surface area contributed by atoms with E-state index in [1.54, 1.807) is 0 Å². The molecular formula is C14H19N3O. The summed E-state index contributed by atoms with van der Waals surface area (Å²) in [5.41, 5.74) is 0.985. The summed E-state index contributed by atoms with van der Waals surface area (Å²) in [5.74, 6) is 0.209. The molecule has 18 heavy (non-hydrogen) atoms. The molecule has 0 radical (unpaired) electrons. The lowest BCUT2D eigenvalue weighted by molar-refractivity contribution is -0.118. The molecule has 2 saturated heterocycles. The van der Waals surface area contributed by atoms with Crippen molar-refractivity contribution in [2.24, 2.45) is 0 Å². The van der Waals surface area contributed by atoms with Gasteiger partial charge in [-0.3, -0.25) is 4.79 Å². The zero-order valence-corrected chi connectivity index (χ0v) is 10.7. The van der Waals surface area contributed by atoms with Gasteiger partial charge in [0.05, 0.1) is 5.69 Å². The molecule has 2 fully saturated rings. The first kappa shape index (κ1) is 11.7. The minimum absolute atomic E-state index is 0.209. The van der Waals surface area contributed by atoms with E-state index in [2.05, 4.69) is 17.2 Å². The van der Waals surface area contributed by atoms with Gasteiger partial charge in [0.2, 0.25) is 5.91 Å². The van der Waals surface area contributed by atoms with E-state index in [0.717, 1.165) is 25.2 Å². The Morgan fingerprint density at radius 2 is 2.06 bits per heavy atom. The van der Waals surface area contributed by atoms with E-state index in [1.165, 1.54) is 0 Å². The molecule has 4 heteroatoms. The SMILES string of the molecule is CC1CC(=O)N(c2ccccc2)N1C1CCNC1. The molecule has 2 aliphatic rings. The van der Waals surface area contributed by atoms with Gasteiger partial charge in [0, 0.05) is 25.0 Å². The Kier molecular flexibility index (Phi) is 3.06. The minimum atomic E-state index is 0.209. The lowest BCUT2D eigenvalue weighted by Crippen LogP contribution is -2.49. The molecule has 1 N–H and O–H groups in total. The van der Waals surface area contributed by atoms with Gasteiger partial charge >= 0.3 is 0 Å². The number of rotatable bonds is 2. The van der Waals surface area contributed by atoms with Gasteiger partial charge in [-0.15, -0.1) is 0 Å². The number of anilines is 1. The molecule has 1 aromatic rings. The van der Waals surface area contributed by atoms with Gasteiger partial charge in [0.1, 0.15) is 0 Å². The summed E-state index contributed by atoms with van der Waals surface area (Å²) >= 11 is 0. The van der Waals surface area contributed by atoms with Crippen LogP contribution in [0.25, 0.3) is 0 Å². The van der Waals surface area contributed by atoms with Gasteiger partial charge in [-0.1, -0.05) is 18.2 Å². The number of hydrogen-bond donors (Lipinski definition) is 1. The Labute approximate surface area is 108 Å². The number of hydrazine groups is 1. The summed E-state index contributed by atoms with van der Waals surface area (Å²) in [5, 5.41) is 7.52. The van der Waals surface area contributed by atoms with Gasteiger partial charge in [0.15, 0.2) is 0 Å². The van der Waals surface area contributed by atoms with E-state index in [9.17, 15) is 4.79 Å². The maximum atomic E-state index is 12.2. The molecule has 0 spiro atoms. The van der Waals surface area contributed by atoms with Gasteiger partial charge in [-0.05, 0) is 32.0 Å². The summed E-state index contributed by atoms with van der Waals surface area (Å²) in [6.45, 7) is 4.16. The molecule has 0 bridgehead atoms. The number of carbonyl (C=O) groups is 1. The number of nitrogens with one attached hydrogen (secondary N) is 1. The Bertz CT molecular complexity index is 428. The van der Waals surface area contributed by atoms with E-state index in [-0.39, 0.29) is 5.91 Å². The van der Waals surface area contributed by atoms with Gasteiger partial charge in [0.25, 0.3) is 0 Å². The van der Waals surface area contributed by atoms with Crippen LogP contribution in [0.3, 0.4) is 0 Å². The topological polar surface area (TPSA) is 35.6 Å². The molecule has 96 valence electrons. The average molecular weight is 245 g/mol. The van der Waals surface area contributed by atoms with Crippen molar-refractivity contribution in [3.63, 3.8) is 0 Å². The molecular weight excluding hydrogens is 226 g/mol. The normalized spacial score (nSPS) is 29.2. The standard InChI is InChI=1S/C14H19N3O/c1-11-9-14(18)17(12-5-3-2-4-6-12)16(11)13-7-8-15-10-13/h2-6,11,13,15H,7-10H2,1H3. The number of hydrogen-bond acceptors (Lipinski definition) is 3. The monoisotopic (exact) mass is 245 g/mol. The third-order valence-electron chi connectivity index (χ3n) is 3.80. The van der Waals surface area contributed by atoms with Crippen molar-refractivity contribution in [2.75, 3.05) is 18.1 Å². The summed E-state index contributed by atoms with van der Waals surface area (Å²) < 4.78 is 0. The molecule has 0 aliphatic carbocycles. The van der Waals surface area contributed by atoms with Crippen LogP contribution >= 0.6 is 0 Å². The van der Waals surface area contributed by atoms with E-state index < -0.39 is 0 Å². The first-order valence-electron chi connectivity index (χ1n) is 6.64. The van der Waals surface area contributed by atoms with Crippen molar-refractivity contribution in [2.45, 2.75) is 31.8 Å². The van der Waals surface area contributed by atoms with Gasteiger partial charge in [-0.25, -0.2) is 10.0 Å². The quantitative estimate of drug-likeness (QED) is 0.855. The molecule has 1 amide bonds. The maximum Gasteiger partial charge on any atom is 0.243 e. The number of carbonyl (C=O) groups excluding carboxylic acids is 1. The fourth-order valence-electron chi connectivity index (χ4n) is 2.99. The van der Waals surface area contributed by atoms with Crippen LogP contribution in [0.4, 0.5) is 5.69 Å². The first-order valence-corrected chi connectivity index (χ1v) is 6.64. The Hall–Kier alpha value is -1.39. The van der Waals surface area contributed by atoms with Crippen LogP contribution in [-0.4, -0.2) is 36.1 Å². The van der Waals surface area contributed by atoms with Crippen molar-refractivity contribution < 1.29 is 4.79 Å². The third kappa shape index (κ3) is 1.91. The summed E-state index contributed by atoms with van der Waals surface area (Å²) in [7, 11) is 0. The molecule has 2 atom stereocenters. The second kappa shape index (κ2) is 4.71. The lowest BCUT2D eigenvalue weighted by Gasteiger charge is -2.35. The Morgan fingerprint density at radius 3 is 2.72 bits per heavy atom. The van der Waals surface area contributed by atoms with Crippen LogP contribution in [0, 0.1) is 0 Å². The molecule has 0 aromatic heterocycles. The Balaban J connectivity index is 1.91. The maximum absolute atomic E-state index is 12.2. The number of nitrogens with zero attached hydrogens (tertiary/aromatic N) is 2. The van der Waals surface area contributed by atoms with Crippen LogP contribution in [0.1, 0.15) is 19.8 Å². The second-order valence-electron chi connectivity index (χ2n) is 5.12. The highest BCUT2D eigenvalue weighted by atomic mass is 16.2. The summed E-state index contributed by atoms with van der Waals surface area (Å²) in [4.78, 5) is 12.2. The predicted molar refractivity (Wildman–Crippen MR) is 71.1 cm³/mol. The van der Waals surface area contributed by atoms with Gasteiger partial charge in [-0.2, -0.15) is 0 Å². The van der Waals surface area contributed by atoms with Crippen LogP contribution in [0.15, 0.2) is 30.3 Å². The minimum Gasteiger partial charge on any atom is -0.315 e. The summed E-state index contributed by atoms with van der Waals surface area (Å²) in [6, 6.07) is 10.7. The van der Waals surface area contributed by atoms with E-state index in [1.807, 2.05) is 35.3 Å².